The molecule has 28 heavy (non-hydrogen) atoms. The summed E-state index contributed by atoms with van der Waals surface area (Å²) in [6, 6.07) is 8.44. The first-order valence-corrected chi connectivity index (χ1v) is 11.4. The third-order valence-electron chi connectivity index (χ3n) is 5.94. The van der Waals surface area contributed by atoms with E-state index >= 15 is 0 Å². The molecule has 0 unspecified atom stereocenters. The average Bonchev–Trinajstić information content (AvgIpc) is 3.28. The van der Waals surface area contributed by atoms with Crippen LogP contribution >= 0.6 is 27.3 Å². The van der Waals surface area contributed by atoms with Crippen LogP contribution in [0, 0.1) is 0 Å². The molecule has 0 spiro atoms. The molecule has 1 aliphatic carbocycles. The van der Waals surface area contributed by atoms with Gasteiger partial charge in [-0.2, -0.15) is 0 Å². The number of fused-ring (bicyclic) bond motifs is 3. The zero-order valence-electron chi connectivity index (χ0n) is 15.5. The number of nitrogens with one attached hydrogen (secondary N) is 2. The molecule has 0 atom stereocenters. The van der Waals surface area contributed by atoms with Gasteiger partial charge < -0.3 is 15.0 Å². The Morgan fingerprint density at radius 2 is 2.14 bits per heavy atom. The van der Waals surface area contributed by atoms with Crippen molar-refractivity contribution in [2.45, 2.75) is 44.2 Å². The molecule has 7 heteroatoms. The molecule has 2 aliphatic rings. The Kier molecular flexibility index (Phi) is 4.87. The summed E-state index contributed by atoms with van der Waals surface area (Å²) in [5.74, 6) is 0.707. The van der Waals surface area contributed by atoms with Crippen molar-refractivity contribution < 1.29 is 4.74 Å². The topological polar surface area (TPSA) is 67.0 Å². The number of nitrogens with zero attached hydrogens (tertiary/aromatic N) is 1. The number of hydrogen-bond donors (Lipinski definition) is 2. The SMILES string of the molecule is O=c1[nH]c(CNC2(c3cccc(Br)c3)CCOCC2)nc2sc3c(c12)CCC3. The first-order chi connectivity index (χ1) is 13.6. The summed E-state index contributed by atoms with van der Waals surface area (Å²) in [5, 5.41) is 4.52. The standard InChI is InChI=1S/C21H22BrN3O2S/c22-14-4-1-3-13(11-14)21(7-9-27-10-8-21)23-12-17-24-19(26)18-15-5-2-6-16(15)28-20(18)25-17/h1,3-4,11,23H,2,5-10,12H2,(H,24,25,26). The molecular formula is C21H22BrN3O2S. The molecule has 3 heterocycles. The Bertz CT molecular complexity index is 1080. The predicted octanol–water partition coefficient (Wildman–Crippen LogP) is 4.03. The number of aromatic nitrogens is 2. The molecule has 1 saturated heterocycles. The second-order valence-corrected chi connectivity index (χ2v) is 9.61. The fourth-order valence-corrected chi connectivity index (χ4v) is 6.14. The minimum Gasteiger partial charge on any atom is -0.381 e. The number of ether oxygens (including phenoxy) is 1. The van der Waals surface area contributed by atoms with Gasteiger partial charge in [0.1, 0.15) is 10.7 Å². The van der Waals surface area contributed by atoms with Gasteiger partial charge in [0.15, 0.2) is 0 Å². The third kappa shape index (κ3) is 3.24. The Labute approximate surface area is 175 Å². The first kappa shape index (κ1) is 18.5. The summed E-state index contributed by atoms with van der Waals surface area (Å²) >= 11 is 5.28. The molecule has 2 N–H and O–H groups in total. The van der Waals surface area contributed by atoms with E-state index in [2.05, 4.69) is 44.4 Å². The Hall–Kier alpha value is -1.54. The maximum absolute atomic E-state index is 12.7. The third-order valence-corrected chi connectivity index (χ3v) is 7.62. The molecule has 3 aromatic rings. The van der Waals surface area contributed by atoms with Crippen molar-refractivity contribution in [3.05, 3.63) is 60.9 Å². The fraction of sp³-hybridized carbons (Fsp3) is 0.429. The monoisotopic (exact) mass is 459 g/mol. The van der Waals surface area contributed by atoms with Crippen molar-refractivity contribution in [2.24, 2.45) is 0 Å². The summed E-state index contributed by atoms with van der Waals surface area (Å²) in [4.78, 5) is 22.8. The van der Waals surface area contributed by atoms with Crippen LogP contribution in [0.2, 0.25) is 0 Å². The van der Waals surface area contributed by atoms with Gasteiger partial charge >= 0.3 is 0 Å². The molecule has 5 rings (SSSR count). The maximum Gasteiger partial charge on any atom is 0.259 e. The van der Waals surface area contributed by atoms with E-state index in [1.54, 1.807) is 11.3 Å². The number of aryl methyl sites for hydroxylation is 2. The van der Waals surface area contributed by atoms with Crippen LogP contribution in [0.5, 0.6) is 0 Å². The van der Waals surface area contributed by atoms with Crippen molar-refractivity contribution >= 4 is 37.5 Å². The van der Waals surface area contributed by atoms with Crippen LogP contribution in [-0.4, -0.2) is 23.2 Å². The number of H-pyrrole nitrogens is 1. The highest BCUT2D eigenvalue weighted by Crippen LogP contribution is 2.35. The quantitative estimate of drug-likeness (QED) is 0.617. The van der Waals surface area contributed by atoms with Crippen molar-refractivity contribution in [3.63, 3.8) is 0 Å². The van der Waals surface area contributed by atoms with Crippen LogP contribution in [0.4, 0.5) is 0 Å². The van der Waals surface area contributed by atoms with Gasteiger partial charge in [0, 0.05) is 28.1 Å². The minimum atomic E-state index is -0.174. The summed E-state index contributed by atoms with van der Waals surface area (Å²) in [5.41, 5.74) is 2.30. The average molecular weight is 460 g/mol. The van der Waals surface area contributed by atoms with E-state index in [9.17, 15) is 4.79 Å². The second-order valence-electron chi connectivity index (χ2n) is 7.61. The Balaban J connectivity index is 1.46. The highest BCUT2D eigenvalue weighted by atomic mass is 79.9. The zero-order chi connectivity index (χ0) is 19.1. The molecule has 0 saturated carbocycles. The predicted molar refractivity (Wildman–Crippen MR) is 115 cm³/mol. The van der Waals surface area contributed by atoms with Gasteiger partial charge in [-0.1, -0.05) is 28.1 Å². The molecule has 0 bridgehead atoms. The number of aromatic amines is 1. The summed E-state index contributed by atoms with van der Waals surface area (Å²) in [7, 11) is 0. The lowest BCUT2D eigenvalue weighted by Gasteiger charge is -2.38. The van der Waals surface area contributed by atoms with E-state index in [1.165, 1.54) is 16.0 Å². The maximum atomic E-state index is 12.7. The van der Waals surface area contributed by atoms with Gasteiger partial charge in [0.25, 0.3) is 5.56 Å². The molecule has 0 amide bonds. The van der Waals surface area contributed by atoms with Crippen molar-refractivity contribution in [3.8, 4) is 0 Å². The molecule has 2 aromatic heterocycles. The molecular weight excluding hydrogens is 438 g/mol. The Morgan fingerprint density at radius 3 is 2.96 bits per heavy atom. The highest BCUT2D eigenvalue weighted by molar-refractivity contribution is 9.10. The first-order valence-electron chi connectivity index (χ1n) is 9.77. The van der Waals surface area contributed by atoms with Gasteiger partial charge in [-0.25, -0.2) is 4.98 Å². The van der Waals surface area contributed by atoms with Crippen LogP contribution < -0.4 is 10.9 Å². The van der Waals surface area contributed by atoms with Gasteiger partial charge in [0.05, 0.1) is 11.9 Å². The lowest BCUT2D eigenvalue weighted by molar-refractivity contribution is 0.0355. The summed E-state index contributed by atoms with van der Waals surface area (Å²) in [6.07, 6.45) is 5.02. The van der Waals surface area contributed by atoms with Gasteiger partial charge in [0.2, 0.25) is 0 Å². The molecule has 146 valence electrons. The van der Waals surface area contributed by atoms with E-state index in [4.69, 9.17) is 9.72 Å². The Morgan fingerprint density at radius 1 is 1.29 bits per heavy atom. The summed E-state index contributed by atoms with van der Waals surface area (Å²) in [6.45, 7) is 1.97. The highest BCUT2D eigenvalue weighted by Gasteiger charge is 2.34. The smallest absolute Gasteiger partial charge is 0.259 e. The number of hydrogen-bond acceptors (Lipinski definition) is 5. The van der Waals surface area contributed by atoms with E-state index in [0.29, 0.717) is 12.4 Å². The number of benzene rings is 1. The van der Waals surface area contributed by atoms with E-state index in [0.717, 1.165) is 60.0 Å². The van der Waals surface area contributed by atoms with Crippen molar-refractivity contribution in [2.75, 3.05) is 13.2 Å². The van der Waals surface area contributed by atoms with Crippen LogP contribution in [0.25, 0.3) is 10.2 Å². The normalized spacial score (nSPS) is 18.5. The molecule has 1 aliphatic heterocycles. The molecule has 1 fully saturated rings. The van der Waals surface area contributed by atoms with Crippen LogP contribution in [0.3, 0.4) is 0 Å². The van der Waals surface area contributed by atoms with E-state index in [1.807, 2.05) is 6.07 Å². The van der Waals surface area contributed by atoms with Gasteiger partial charge in [-0.3, -0.25) is 4.79 Å². The van der Waals surface area contributed by atoms with E-state index in [-0.39, 0.29) is 11.1 Å². The van der Waals surface area contributed by atoms with Gasteiger partial charge in [-0.15, -0.1) is 11.3 Å². The van der Waals surface area contributed by atoms with Gasteiger partial charge in [-0.05, 0) is 55.4 Å². The number of halogens is 1. The van der Waals surface area contributed by atoms with Crippen molar-refractivity contribution in [1.29, 1.82) is 0 Å². The number of rotatable bonds is 4. The molecule has 5 nitrogen and oxygen atoms in total. The van der Waals surface area contributed by atoms with Crippen LogP contribution in [-0.2, 0) is 29.7 Å². The molecule has 1 aromatic carbocycles. The second kappa shape index (κ2) is 7.37. The lowest BCUT2D eigenvalue weighted by Crippen LogP contribution is -2.46. The van der Waals surface area contributed by atoms with Crippen molar-refractivity contribution in [1.82, 2.24) is 15.3 Å². The largest absolute Gasteiger partial charge is 0.381 e. The molecule has 0 radical (unpaired) electrons. The van der Waals surface area contributed by atoms with Crippen LogP contribution in [0.15, 0.2) is 33.5 Å². The minimum absolute atomic E-state index is 0.00434. The lowest BCUT2D eigenvalue weighted by atomic mass is 9.82. The number of thiophene rings is 1. The summed E-state index contributed by atoms with van der Waals surface area (Å²) < 4.78 is 6.68. The zero-order valence-corrected chi connectivity index (χ0v) is 17.9. The van der Waals surface area contributed by atoms with E-state index < -0.39 is 0 Å². The van der Waals surface area contributed by atoms with Crippen LogP contribution in [0.1, 0.15) is 41.1 Å². The fourth-order valence-electron chi connectivity index (χ4n) is 4.46.